The molecular weight excluding hydrogens is 279 g/mol. The topological polar surface area (TPSA) is 26.3 Å². The zero-order valence-electron chi connectivity index (χ0n) is 8.59. The second kappa shape index (κ2) is 5.52. The van der Waals surface area contributed by atoms with Crippen LogP contribution in [0.25, 0.3) is 0 Å². The Bertz CT molecular complexity index is 366. The first-order valence-electron chi connectivity index (χ1n) is 4.52. The van der Waals surface area contributed by atoms with Gasteiger partial charge in [0.2, 0.25) is 0 Å². The molecule has 15 heavy (non-hydrogen) atoms. The largest absolute Gasteiger partial charge is 0.468 e. The number of methoxy groups -OCH3 is 1. The molecule has 0 aromatic heterocycles. The molecule has 0 N–H and O–H groups in total. The Labute approximate surface area is 103 Å². The number of hydrogen-bond acceptors (Lipinski definition) is 2. The van der Waals surface area contributed by atoms with Gasteiger partial charge in [0.15, 0.2) is 0 Å². The summed E-state index contributed by atoms with van der Waals surface area (Å²) in [7, 11) is 1.34. The highest BCUT2D eigenvalue weighted by Crippen LogP contribution is 2.23. The van der Waals surface area contributed by atoms with Gasteiger partial charge in [-0.25, -0.2) is 0 Å². The molecule has 82 valence electrons. The number of carbonyl (C=O) groups excluding carboxylic acids is 1. The Morgan fingerprint density at radius 1 is 1.60 bits per heavy atom. The third kappa shape index (κ3) is 3.21. The molecule has 0 spiro atoms. The summed E-state index contributed by atoms with van der Waals surface area (Å²) >= 11 is 9.36. The van der Waals surface area contributed by atoms with E-state index in [-0.39, 0.29) is 0 Å². The zero-order chi connectivity index (χ0) is 11.4. The van der Waals surface area contributed by atoms with Crippen molar-refractivity contribution in [2.24, 2.45) is 0 Å². The summed E-state index contributed by atoms with van der Waals surface area (Å²) in [6, 6.07) is 5.88. The number of halogens is 2. The van der Waals surface area contributed by atoms with E-state index >= 15 is 0 Å². The number of alkyl halides is 1. The van der Waals surface area contributed by atoms with Crippen LogP contribution in [-0.2, 0) is 16.0 Å². The Morgan fingerprint density at radius 2 is 2.27 bits per heavy atom. The van der Waals surface area contributed by atoms with E-state index in [1.807, 2.05) is 25.1 Å². The highest BCUT2D eigenvalue weighted by molar-refractivity contribution is 9.10. The van der Waals surface area contributed by atoms with Crippen molar-refractivity contribution in [1.29, 1.82) is 0 Å². The third-order valence-corrected chi connectivity index (χ3v) is 3.60. The normalized spacial score (nSPS) is 12.3. The monoisotopic (exact) mass is 290 g/mol. The van der Waals surface area contributed by atoms with Crippen LogP contribution in [0.1, 0.15) is 11.1 Å². The van der Waals surface area contributed by atoms with Gasteiger partial charge in [-0.1, -0.05) is 34.1 Å². The van der Waals surface area contributed by atoms with E-state index in [4.69, 9.17) is 11.6 Å². The van der Waals surface area contributed by atoms with Crippen molar-refractivity contribution in [1.82, 2.24) is 0 Å². The molecule has 1 rings (SSSR count). The first kappa shape index (κ1) is 12.5. The Hall–Kier alpha value is -0.540. The summed E-state index contributed by atoms with van der Waals surface area (Å²) in [6.07, 6.45) is 0.469. The van der Waals surface area contributed by atoms with Gasteiger partial charge in [0.05, 0.1) is 7.11 Å². The number of rotatable bonds is 3. The molecule has 0 aliphatic carbocycles. The minimum Gasteiger partial charge on any atom is -0.468 e. The molecule has 4 heteroatoms. The number of hydrogen-bond donors (Lipinski definition) is 0. The van der Waals surface area contributed by atoms with Gasteiger partial charge in [0.25, 0.3) is 0 Å². The molecule has 0 heterocycles. The van der Waals surface area contributed by atoms with Crippen LogP contribution in [0.15, 0.2) is 22.7 Å². The summed E-state index contributed by atoms with van der Waals surface area (Å²) < 4.78 is 5.57. The number of esters is 1. The number of benzene rings is 1. The van der Waals surface area contributed by atoms with Gasteiger partial charge in [-0.15, -0.1) is 11.6 Å². The molecule has 1 aromatic rings. The lowest BCUT2D eigenvalue weighted by Gasteiger charge is -2.10. The van der Waals surface area contributed by atoms with Crippen LogP contribution in [-0.4, -0.2) is 18.5 Å². The molecule has 1 aromatic carbocycles. The minimum atomic E-state index is -0.631. The van der Waals surface area contributed by atoms with Crippen molar-refractivity contribution >= 4 is 33.5 Å². The fourth-order valence-corrected chi connectivity index (χ4v) is 1.95. The molecule has 0 fully saturated rings. The lowest BCUT2D eigenvalue weighted by atomic mass is 10.1. The molecule has 0 amide bonds. The first-order chi connectivity index (χ1) is 7.06. The standard InChI is InChI=1S/C11H12BrClO2/c1-7-4-3-5-8(10(7)12)6-9(13)11(14)15-2/h3-5,9H,6H2,1-2H3. The second-order valence-electron chi connectivity index (χ2n) is 3.24. The van der Waals surface area contributed by atoms with E-state index in [0.29, 0.717) is 6.42 Å². The van der Waals surface area contributed by atoms with Crippen LogP contribution in [0, 0.1) is 6.92 Å². The average molecular weight is 292 g/mol. The molecule has 0 bridgehead atoms. The number of aryl methyl sites for hydroxylation is 1. The molecule has 2 nitrogen and oxygen atoms in total. The number of carbonyl (C=O) groups is 1. The molecule has 0 saturated carbocycles. The maximum Gasteiger partial charge on any atom is 0.324 e. The third-order valence-electron chi connectivity index (χ3n) is 2.13. The molecule has 0 aliphatic rings. The maximum absolute atomic E-state index is 11.1. The second-order valence-corrected chi connectivity index (χ2v) is 4.56. The lowest BCUT2D eigenvalue weighted by Crippen LogP contribution is -2.18. The molecule has 0 saturated heterocycles. The smallest absolute Gasteiger partial charge is 0.324 e. The van der Waals surface area contributed by atoms with Crippen molar-refractivity contribution < 1.29 is 9.53 Å². The molecule has 1 atom stereocenters. The first-order valence-corrected chi connectivity index (χ1v) is 5.75. The van der Waals surface area contributed by atoms with E-state index in [2.05, 4.69) is 20.7 Å². The molecular formula is C11H12BrClO2. The lowest BCUT2D eigenvalue weighted by molar-refractivity contribution is -0.140. The van der Waals surface area contributed by atoms with Gasteiger partial charge in [-0.2, -0.15) is 0 Å². The highest BCUT2D eigenvalue weighted by atomic mass is 79.9. The van der Waals surface area contributed by atoms with E-state index in [1.165, 1.54) is 7.11 Å². The fraction of sp³-hybridized carbons (Fsp3) is 0.364. The Morgan fingerprint density at radius 3 is 2.87 bits per heavy atom. The predicted molar refractivity (Wildman–Crippen MR) is 64.2 cm³/mol. The van der Waals surface area contributed by atoms with Crippen molar-refractivity contribution in [3.8, 4) is 0 Å². The van der Waals surface area contributed by atoms with Gasteiger partial charge in [-0.05, 0) is 18.1 Å². The molecule has 1 unspecified atom stereocenters. The predicted octanol–water partition coefficient (Wildman–Crippen LogP) is 3.08. The van der Waals surface area contributed by atoms with Gasteiger partial charge >= 0.3 is 5.97 Å². The van der Waals surface area contributed by atoms with Crippen LogP contribution in [0.5, 0.6) is 0 Å². The van der Waals surface area contributed by atoms with E-state index in [1.54, 1.807) is 0 Å². The van der Waals surface area contributed by atoms with Crippen molar-refractivity contribution in [2.45, 2.75) is 18.7 Å². The SMILES string of the molecule is COC(=O)C(Cl)Cc1cccc(C)c1Br. The summed E-state index contributed by atoms with van der Waals surface area (Å²) in [4.78, 5) is 11.1. The fourth-order valence-electron chi connectivity index (χ4n) is 1.27. The molecule has 0 aliphatic heterocycles. The van der Waals surface area contributed by atoms with Gasteiger partial charge in [-0.3, -0.25) is 4.79 Å². The highest BCUT2D eigenvalue weighted by Gasteiger charge is 2.17. The van der Waals surface area contributed by atoms with Crippen LogP contribution in [0.3, 0.4) is 0 Å². The zero-order valence-corrected chi connectivity index (χ0v) is 10.9. The van der Waals surface area contributed by atoms with Crippen LogP contribution >= 0.6 is 27.5 Å². The maximum atomic E-state index is 11.1. The number of ether oxygens (including phenoxy) is 1. The van der Waals surface area contributed by atoms with Crippen LogP contribution in [0.2, 0.25) is 0 Å². The van der Waals surface area contributed by atoms with E-state index in [0.717, 1.165) is 15.6 Å². The Kier molecular flexibility index (Phi) is 4.61. The van der Waals surface area contributed by atoms with Gasteiger partial charge < -0.3 is 4.74 Å². The summed E-state index contributed by atoms with van der Waals surface area (Å²) in [5.41, 5.74) is 2.14. The summed E-state index contributed by atoms with van der Waals surface area (Å²) in [5, 5.41) is -0.631. The summed E-state index contributed by atoms with van der Waals surface area (Å²) in [6.45, 7) is 2.00. The van der Waals surface area contributed by atoms with E-state index in [9.17, 15) is 4.79 Å². The minimum absolute atomic E-state index is 0.398. The van der Waals surface area contributed by atoms with Crippen molar-refractivity contribution in [2.75, 3.05) is 7.11 Å². The van der Waals surface area contributed by atoms with Crippen LogP contribution < -0.4 is 0 Å². The van der Waals surface area contributed by atoms with Gasteiger partial charge in [0.1, 0.15) is 5.38 Å². The Balaban J connectivity index is 2.81. The quantitative estimate of drug-likeness (QED) is 0.632. The average Bonchev–Trinajstić information content (AvgIpc) is 2.23. The summed E-state index contributed by atoms with van der Waals surface area (Å²) in [5.74, 6) is -0.398. The van der Waals surface area contributed by atoms with Gasteiger partial charge in [0, 0.05) is 10.9 Å². The van der Waals surface area contributed by atoms with Crippen molar-refractivity contribution in [3.05, 3.63) is 33.8 Å². The van der Waals surface area contributed by atoms with Crippen molar-refractivity contribution in [3.63, 3.8) is 0 Å². The van der Waals surface area contributed by atoms with E-state index < -0.39 is 11.3 Å². The van der Waals surface area contributed by atoms with Crippen LogP contribution in [0.4, 0.5) is 0 Å². The molecule has 0 radical (unpaired) electrons.